The van der Waals surface area contributed by atoms with Gasteiger partial charge in [0.25, 0.3) is 0 Å². The van der Waals surface area contributed by atoms with Gasteiger partial charge in [-0.1, -0.05) is 31.4 Å². The molecule has 1 N–H and O–H groups in total. The monoisotopic (exact) mass is 344 g/mol. The predicted molar refractivity (Wildman–Crippen MR) is 96.9 cm³/mol. The molecule has 0 aromatic carbocycles. The fourth-order valence-electron chi connectivity index (χ4n) is 7.36. The van der Waals surface area contributed by atoms with Gasteiger partial charge in [0.05, 0.1) is 0 Å². The molecule has 0 bridgehead atoms. The Morgan fingerprint density at radius 3 is 2.76 bits per heavy atom. The molecule has 0 aromatic rings. The van der Waals surface area contributed by atoms with E-state index in [0.29, 0.717) is 35.9 Å². The Bertz CT molecular complexity index is 619. The van der Waals surface area contributed by atoms with Gasteiger partial charge in [-0.15, -0.1) is 0 Å². The zero-order valence-corrected chi connectivity index (χ0v) is 15.7. The van der Waals surface area contributed by atoms with Crippen LogP contribution in [0, 0.1) is 35.0 Å². The van der Waals surface area contributed by atoms with Crippen molar-refractivity contribution in [1.29, 1.82) is 0 Å². The molecule has 0 aliphatic heterocycles. The molecule has 2 fully saturated rings. The van der Waals surface area contributed by atoms with Crippen LogP contribution in [0.25, 0.3) is 0 Å². The van der Waals surface area contributed by atoms with E-state index in [4.69, 9.17) is 0 Å². The van der Waals surface area contributed by atoms with Crippen molar-refractivity contribution < 1.29 is 14.7 Å². The van der Waals surface area contributed by atoms with Crippen LogP contribution in [-0.4, -0.2) is 23.3 Å². The summed E-state index contributed by atoms with van der Waals surface area (Å²) in [7, 11) is 0. The zero-order valence-electron chi connectivity index (χ0n) is 15.7. The third-order valence-electron chi connectivity index (χ3n) is 8.41. The number of fused-ring (bicyclic) bond motifs is 4. The Morgan fingerprint density at radius 1 is 1.24 bits per heavy atom. The average Bonchev–Trinajstić information content (AvgIpc) is 2.93. The molecule has 4 rings (SSSR count). The lowest BCUT2D eigenvalue weighted by Crippen LogP contribution is -2.46. The maximum Gasteiger partial charge on any atom is 0.162 e. The number of rotatable bonds is 3. The van der Waals surface area contributed by atoms with Crippen molar-refractivity contribution in [2.24, 2.45) is 35.0 Å². The Hall–Kier alpha value is -0.960. The topological polar surface area (TPSA) is 54.4 Å². The van der Waals surface area contributed by atoms with Crippen molar-refractivity contribution >= 4 is 11.6 Å². The molecule has 6 atom stereocenters. The number of hydrogen-bond acceptors (Lipinski definition) is 3. The summed E-state index contributed by atoms with van der Waals surface area (Å²) in [6.45, 7) is 4.25. The number of Topliss-reactive ketones (excluding diaryl/α,β-unsaturated/α-hetero) is 2. The average molecular weight is 344 g/mol. The molecule has 138 valence electrons. The van der Waals surface area contributed by atoms with Gasteiger partial charge in [0, 0.05) is 18.8 Å². The third-order valence-corrected chi connectivity index (χ3v) is 8.41. The normalized spacial score (nSPS) is 43.5. The number of aliphatic hydroxyl groups excluding tert-OH is 1. The highest BCUT2D eigenvalue weighted by Gasteiger charge is 2.59. The van der Waals surface area contributed by atoms with Crippen LogP contribution in [0.5, 0.6) is 0 Å². The van der Waals surface area contributed by atoms with E-state index in [2.05, 4.69) is 13.8 Å². The standard InChI is InChI=1S/C22H32O3/c1-3-13-11-19-18-6-4-14-10-15(24)5-7-16(14)17(18)8-9-22(19,2)21(13)20(25)12-23/h13,17-19,21,23H,3-12H2,1-2H3. The first kappa shape index (κ1) is 17.5. The lowest BCUT2D eigenvalue weighted by Gasteiger charge is -2.52. The molecule has 0 spiro atoms. The van der Waals surface area contributed by atoms with E-state index in [1.807, 2.05) is 0 Å². The molecular weight excluding hydrogens is 312 g/mol. The molecule has 4 aliphatic carbocycles. The van der Waals surface area contributed by atoms with Gasteiger partial charge in [-0.2, -0.15) is 0 Å². The minimum absolute atomic E-state index is 0.0526. The highest BCUT2D eigenvalue weighted by molar-refractivity contribution is 5.84. The zero-order chi connectivity index (χ0) is 17.8. The molecule has 0 radical (unpaired) electrons. The van der Waals surface area contributed by atoms with Gasteiger partial charge in [-0.05, 0) is 67.6 Å². The quantitative estimate of drug-likeness (QED) is 0.785. The Morgan fingerprint density at radius 2 is 2.04 bits per heavy atom. The van der Waals surface area contributed by atoms with Crippen molar-refractivity contribution in [2.45, 2.75) is 71.6 Å². The van der Waals surface area contributed by atoms with Crippen LogP contribution in [0.4, 0.5) is 0 Å². The van der Waals surface area contributed by atoms with Crippen molar-refractivity contribution in [3.63, 3.8) is 0 Å². The van der Waals surface area contributed by atoms with E-state index in [9.17, 15) is 14.7 Å². The van der Waals surface area contributed by atoms with Crippen LogP contribution in [0.2, 0.25) is 0 Å². The van der Waals surface area contributed by atoms with Crippen LogP contribution in [-0.2, 0) is 9.59 Å². The van der Waals surface area contributed by atoms with Gasteiger partial charge in [-0.25, -0.2) is 0 Å². The predicted octanol–water partition coefficient (Wildman–Crippen LogP) is 4.09. The van der Waals surface area contributed by atoms with Gasteiger partial charge in [0.1, 0.15) is 12.4 Å². The molecule has 6 unspecified atom stereocenters. The summed E-state index contributed by atoms with van der Waals surface area (Å²) in [6, 6.07) is 0. The van der Waals surface area contributed by atoms with Crippen LogP contribution >= 0.6 is 0 Å². The SMILES string of the molecule is CCC1CC2C3CCC4=C(CCC(=O)C4)C3CCC2(C)C1C(=O)CO. The minimum atomic E-state index is -0.297. The van der Waals surface area contributed by atoms with Gasteiger partial charge >= 0.3 is 0 Å². The summed E-state index contributed by atoms with van der Waals surface area (Å²) in [5.41, 5.74) is 3.17. The second kappa shape index (κ2) is 6.33. The number of hydrogen-bond donors (Lipinski definition) is 1. The summed E-state index contributed by atoms with van der Waals surface area (Å²) in [5, 5.41) is 9.54. The second-order valence-electron chi connectivity index (χ2n) is 9.31. The Kier molecular flexibility index (Phi) is 4.42. The fraction of sp³-hybridized carbons (Fsp3) is 0.818. The highest BCUT2D eigenvalue weighted by Crippen LogP contribution is 2.65. The Labute approximate surface area is 151 Å². The van der Waals surface area contributed by atoms with E-state index in [-0.39, 0.29) is 23.7 Å². The minimum Gasteiger partial charge on any atom is -0.389 e. The van der Waals surface area contributed by atoms with Gasteiger partial charge < -0.3 is 5.11 Å². The first-order valence-corrected chi connectivity index (χ1v) is 10.4. The molecule has 0 aromatic heterocycles. The van der Waals surface area contributed by atoms with Crippen LogP contribution < -0.4 is 0 Å². The summed E-state index contributed by atoms with van der Waals surface area (Å²) >= 11 is 0. The largest absolute Gasteiger partial charge is 0.389 e. The molecule has 2 saturated carbocycles. The third kappa shape index (κ3) is 2.57. The first-order chi connectivity index (χ1) is 12.0. The van der Waals surface area contributed by atoms with Gasteiger partial charge in [0.2, 0.25) is 0 Å². The van der Waals surface area contributed by atoms with E-state index in [0.717, 1.165) is 38.5 Å². The van der Waals surface area contributed by atoms with E-state index in [1.165, 1.54) is 18.4 Å². The first-order valence-electron chi connectivity index (χ1n) is 10.4. The van der Waals surface area contributed by atoms with Crippen molar-refractivity contribution in [3.05, 3.63) is 11.1 Å². The van der Waals surface area contributed by atoms with Gasteiger partial charge in [-0.3, -0.25) is 9.59 Å². The van der Waals surface area contributed by atoms with Crippen LogP contribution in [0.3, 0.4) is 0 Å². The molecule has 25 heavy (non-hydrogen) atoms. The highest BCUT2D eigenvalue weighted by atomic mass is 16.3. The summed E-state index contributed by atoms with van der Waals surface area (Å²) in [4.78, 5) is 24.4. The fourth-order valence-corrected chi connectivity index (χ4v) is 7.36. The van der Waals surface area contributed by atoms with Crippen molar-refractivity contribution in [3.8, 4) is 0 Å². The lowest BCUT2D eigenvalue weighted by molar-refractivity contribution is -0.132. The molecule has 3 nitrogen and oxygen atoms in total. The maximum atomic E-state index is 12.6. The molecule has 3 heteroatoms. The molecule has 4 aliphatic rings. The number of carbonyl (C=O) groups excluding carboxylic acids is 2. The number of carbonyl (C=O) groups is 2. The van der Waals surface area contributed by atoms with E-state index >= 15 is 0 Å². The van der Waals surface area contributed by atoms with Crippen LogP contribution in [0.15, 0.2) is 11.1 Å². The maximum absolute atomic E-state index is 12.6. The number of aliphatic hydroxyl groups is 1. The summed E-state index contributed by atoms with van der Waals surface area (Å²) in [5.74, 6) is 2.97. The number of ketones is 2. The lowest BCUT2D eigenvalue weighted by atomic mass is 9.53. The summed E-state index contributed by atoms with van der Waals surface area (Å²) < 4.78 is 0. The molecule has 0 saturated heterocycles. The van der Waals surface area contributed by atoms with Crippen molar-refractivity contribution in [2.75, 3.05) is 6.61 Å². The smallest absolute Gasteiger partial charge is 0.162 e. The molecule has 0 heterocycles. The van der Waals surface area contributed by atoms with Crippen molar-refractivity contribution in [1.82, 2.24) is 0 Å². The molecular formula is C22H32O3. The van der Waals surface area contributed by atoms with E-state index < -0.39 is 0 Å². The number of allylic oxidation sites excluding steroid dienone is 2. The Balaban J connectivity index is 1.65. The summed E-state index contributed by atoms with van der Waals surface area (Å²) in [6.07, 6.45) is 9.24. The van der Waals surface area contributed by atoms with Gasteiger partial charge in [0.15, 0.2) is 5.78 Å². The van der Waals surface area contributed by atoms with Crippen LogP contribution in [0.1, 0.15) is 71.6 Å². The van der Waals surface area contributed by atoms with E-state index in [1.54, 1.807) is 5.57 Å². The molecule has 0 amide bonds. The second-order valence-corrected chi connectivity index (χ2v) is 9.31.